The molecule has 3 N–H and O–H groups in total. The number of aromatic nitrogens is 1. The van der Waals surface area contributed by atoms with Gasteiger partial charge in [0, 0.05) is 40.5 Å². The van der Waals surface area contributed by atoms with Crippen LogP contribution in [0, 0.1) is 5.92 Å². The Bertz CT molecular complexity index is 1860. The van der Waals surface area contributed by atoms with Gasteiger partial charge in [-0.15, -0.1) is 0 Å². The minimum atomic E-state index is -1.40. The van der Waals surface area contributed by atoms with Gasteiger partial charge in [-0.05, 0) is 58.1 Å². The molecule has 1 aliphatic carbocycles. The molecular formula is C39H46N4O8S. The van der Waals surface area contributed by atoms with Crippen molar-refractivity contribution in [2.45, 2.75) is 88.0 Å². The van der Waals surface area contributed by atoms with Crippen LogP contribution in [0.1, 0.15) is 53.4 Å². The number of thioether (sulfide) groups is 1. The Balaban J connectivity index is 1.36. The Morgan fingerprint density at radius 3 is 2.58 bits per heavy atom. The normalized spacial score (nSPS) is 27.2. The van der Waals surface area contributed by atoms with E-state index in [0.29, 0.717) is 53.1 Å². The molecule has 6 rings (SSSR count). The quantitative estimate of drug-likeness (QED) is 0.274. The maximum Gasteiger partial charge on any atom is 0.408 e. The van der Waals surface area contributed by atoms with Crippen LogP contribution in [0.2, 0.25) is 0 Å². The van der Waals surface area contributed by atoms with Crippen molar-refractivity contribution in [3.63, 3.8) is 0 Å². The molecule has 0 radical (unpaired) electrons. The molecule has 276 valence electrons. The molecule has 2 fully saturated rings. The average molecular weight is 731 g/mol. The number of carboxylic acids is 1. The summed E-state index contributed by atoms with van der Waals surface area (Å²) in [6.07, 6.45) is 4.25. The van der Waals surface area contributed by atoms with E-state index in [1.54, 1.807) is 27.9 Å². The van der Waals surface area contributed by atoms with Gasteiger partial charge >= 0.3 is 12.1 Å². The van der Waals surface area contributed by atoms with Crippen molar-refractivity contribution >= 4 is 46.5 Å². The average Bonchev–Trinajstić information content (AvgIpc) is 3.64. The first-order valence-corrected chi connectivity index (χ1v) is 18.7. The molecule has 3 amide bonds. The molecule has 2 aromatic carbocycles. The molecule has 12 nitrogen and oxygen atoms in total. The number of rotatable bonds is 6. The Morgan fingerprint density at radius 2 is 1.87 bits per heavy atom. The molecule has 1 aromatic heterocycles. The minimum Gasteiger partial charge on any atom is -0.497 e. The number of carbonyl (C=O) groups excluding carboxylic acids is 3. The molecule has 3 aliphatic rings. The number of pyridine rings is 1. The molecule has 3 aromatic rings. The second kappa shape index (κ2) is 15.1. The fraction of sp³-hybridized carbons (Fsp3) is 0.462. The van der Waals surface area contributed by atoms with E-state index in [1.165, 1.54) is 16.7 Å². The summed E-state index contributed by atoms with van der Waals surface area (Å²) >= 11 is 1.49. The van der Waals surface area contributed by atoms with Crippen molar-refractivity contribution in [2.75, 3.05) is 19.4 Å². The van der Waals surface area contributed by atoms with Gasteiger partial charge in [-0.25, -0.2) is 14.6 Å². The number of hydrogen-bond donors (Lipinski definition) is 3. The van der Waals surface area contributed by atoms with Crippen LogP contribution in [0.3, 0.4) is 0 Å². The van der Waals surface area contributed by atoms with Crippen LogP contribution in [0.5, 0.6) is 11.5 Å². The third-order valence-corrected chi connectivity index (χ3v) is 10.9. The molecule has 0 bridgehead atoms. The van der Waals surface area contributed by atoms with Crippen molar-refractivity contribution in [1.29, 1.82) is 0 Å². The lowest BCUT2D eigenvalue weighted by molar-refractivity contribution is -0.145. The van der Waals surface area contributed by atoms with Crippen LogP contribution < -0.4 is 20.1 Å². The van der Waals surface area contributed by atoms with Gasteiger partial charge < -0.3 is 34.9 Å². The summed E-state index contributed by atoms with van der Waals surface area (Å²) in [7, 11) is 1.58. The number of nitrogens with zero attached hydrogens (tertiary/aromatic N) is 2. The number of fused-ring (bicyclic) bond motifs is 3. The first-order valence-electron chi connectivity index (χ1n) is 17.6. The third kappa shape index (κ3) is 8.14. The predicted octanol–water partition coefficient (Wildman–Crippen LogP) is 5.58. The number of alkyl carbamates (subject to hydrolysis) is 1. The summed E-state index contributed by atoms with van der Waals surface area (Å²) in [4.78, 5) is 60.7. The second-order valence-corrected chi connectivity index (χ2v) is 16.0. The topological polar surface area (TPSA) is 156 Å². The Hall–Kier alpha value is -4.78. The maximum absolute atomic E-state index is 14.6. The minimum absolute atomic E-state index is 0.0187. The lowest BCUT2D eigenvalue weighted by Crippen LogP contribution is -2.58. The number of carboxylic acid groups (broad SMARTS) is 1. The zero-order chi connectivity index (χ0) is 37.2. The fourth-order valence-electron chi connectivity index (χ4n) is 6.94. The molecule has 3 heterocycles. The summed E-state index contributed by atoms with van der Waals surface area (Å²) < 4.78 is 17.7. The van der Waals surface area contributed by atoms with E-state index in [4.69, 9.17) is 19.2 Å². The van der Waals surface area contributed by atoms with Crippen molar-refractivity contribution in [2.24, 2.45) is 5.92 Å². The van der Waals surface area contributed by atoms with Gasteiger partial charge in [0.1, 0.15) is 40.8 Å². The lowest BCUT2D eigenvalue weighted by Gasteiger charge is -2.32. The molecule has 52 heavy (non-hydrogen) atoms. The highest BCUT2D eigenvalue weighted by Gasteiger charge is 2.62. The smallest absolute Gasteiger partial charge is 0.408 e. The highest BCUT2D eigenvalue weighted by atomic mass is 32.2. The summed E-state index contributed by atoms with van der Waals surface area (Å²) in [5.41, 5.74) is -0.0195. The first-order chi connectivity index (χ1) is 24.8. The maximum atomic E-state index is 14.6. The first kappa shape index (κ1) is 37.0. The molecule has 1 saturated carbocycles. The van der Waals surface area contributed by atoms with E-state index in [2.05, 4.69) is 10.6 Å². The Kier molecular flexibility index (Phi) is 10.7. The van der Waals surface area contributed by atoms with Gasteiger partial charge in [0.05, 0.1) is 24.9 Å². The van der Waals surface area contributed by atoms with Crippen LogP contribution in [-0.2, 0) is 19.1 Å². The Morgan fingerprint density at radius 1 is 1.10 bits per heavy atom. The van der Waals surface area contributed by atoms with Gasteiger partial charge in [0.15, 0.2) is 0 Å². The van der Waals surface area contributed by atoms with Crippen LogP contribution in [0.15, 0.2) is 66.7 Å². The molecule has 6 atom stereocenters. The van der Waals surface area contributed by atoms with E-state index < -0.39 is 58.5 Å². The number of allylic oxidation sites excluding steroid dienone is 1. The molecule has 13 heteroatoms. The SMILES string of the molecule is COc1ccc2c(O[C@@H]3C[C@H]4C(=O)N[C@]5(C(=O)O)CC5CC/C=C\CS[C@@H](C)[C@H](NC(=O)OC(C)(C)C)C(=O)N4C3)cc(-c3ccccc3)nc2c1. The van der Waals surface area contributed by atoms with Gasteiger partial charge in [-0.3, -0.25) is 9.59 Å². The molecule has 2 aliphatic heterocycles. The highest BCUT2D eigenvalue weighted by Crippen LogP contribution is 2.47. The van der Waals surface area contributed by atoms with E-state index >= 15 is 0 Å². The molecule has 0 spiro atoms. The standard InChI is InChI=1S/C39H46N4O8S/c1-23-33(41-37(48)51-38(2,3)4)35(45)43-22-27(19-31(43)34(44)42-39(36(46)47)21-25(39)14-10-7-11-17-52-23)50-32-20-29(24-12-8-6-9-13-24)40-30-18-26(49-5)15-16-28(30)32/h6-9,11-13,15-16,18,20,23,25,27,31,33H,10,14,17,19,21-22H2,1-5H3,(H,41,48)(H,42,44)(H,46,47)/b11-7-/t23-,25?,27+,31-,33-,39+/m0/s1. The number of hydrogen-bond acceptors (Lipinski definition) is 9. The summed E-state index contributed by atoms with van der Waals surface area (Å²) in [5, 5.41) is 16.2. The third-order valence-electron chi connectivity index (χ3n) is 9.74. The van der Waals surface area contributed by atoms with Gasteiger partial charge in [0.2, 0.25) is 11.8 Å². The van der Waals surface area contributed by atoms with Crippen LogP contribution in [0.4, 0.5) is 4.79 Å². The number of nitrogens with one attached hydrogen (secondary N) is 2. The molecular weight excluding hydrogens is 685 g/mol. The van der Waals surface area contributed by atoms with E-state index in [0.717, 1.165) is 5.56 Å². The number of benzene rings is 2. The number of amides is 3. The second-order valence-electron chi connectivity index (χ2n) is 14.6. The highest BCUT2D eigenvalue weighted by molar-refractivity contribution is 8.00. The lowest BCUT2D eigenvalue weighted by atomic mass is 10.1. The molecule has 1 unspecified atom stereocenters. The monoisotopic (exact) mass is 730 g/mol. The van der Waals surface area contributed by atoms with Crippen LogP contribution >= 0.6 is 11.8 Å². The zero-order valence-corrected chi connectivity index (χ0v) is 30.9. The van der Waals surface area contributed by atoms with Crippen LogP contribution in [-0.4, -0.2) is 92.9 Å². The summed E-state index contributed by atoms with van der Waals surface area (Å²) in [6.45, 7) is 7.09. The zero-order valence-electron chi connectivity index (χ0n) is 30.1. The Labute approximate surface area is 307 Å². The van der Waals surface area contributed by atoms with E-state index in [9.17, 15) is 24.3 Å². The van der Waals surface area contributed by atoms with E-state index in [1.807, 2.05) is 73.7 Å². The van der Waals surface area contributed by atoms with Crippen molar-refractivity contribution in [3.8, 4) is 22.8 Å². The van der Waals surface area contributed by atoms with Crippen LogP contribution in [0.25, 0.3) is 22.2 Å². The summed E-state index contributed by atoms with van der Waals surface area (Å²) in [6, 6.07) is 14.9. The van der Waals surface area contributed by atoms with Crippen molar-refractivity contribution in [3.05, 3.63) is 66.7 Å². The van der Waals surface area contributed by atoms with Crippen molar-refractivity contribution < 1.29 is 38.5 Å². The predicted molar refractivity (Wildman–Crippen MR) is 198 cm³/mol. The number of aliphatic carboxylic acids is 1. The number of ether oxygens (including phenoxy) is 3. The molecule has 1 saturated heterocycles. The summed E-state index contributed by atoms with van der Waals surface area (Å²) in [5.74, 6) is -0.666. The van der Waals surface area contributed by atoms with Gasteiger partial charge in [-0.2, -0.15) is 11.8 Å². The largest absolute Gasteiger partial charge is 0.497 e. The number of methoxy groups -OCH3 is 1. The van der Waals surface area contributed by atoms with Gasteiger partial charge in [0.25, 0.3) is 0 Å². The van der Waals surface area contributed by atoms with E-state index in [-0.39, 0.29) is 18.9 Å². The number of carbonyl (C=O) groups is 4. The van der Waals surface area contributed by atoms with Gasteiger partial charge in [-0.1, -0.05) is 49.4 Å². The van der Waals surface area contributed by atoms with Crippen molar-refractivity contribution in [1.82, 2.24) is 20.5 Å². The fourth-order valence-corrected chi connectivity index (χ4v) is 7.87.